The molecule has 3 heterocycles. The van der Waals surface area contributed by atoms with Crippen molar-refractivity contribution in [2.45, 2.75) is 52.5 Å². The van der Waals surface area contributed by atoms with Crippen LogP contribution in [-0.2, 0) is 24.2 Å². The number of aromatic nitrogens is 1. The third-order valence-corrected chi connectivity index (χ3v) is 7.86. The average Bonchev–Trinajstić information content (AvgIpc) is 3.22. The van der Waals surface area contributed by atoms with Crippen molar-refractivity contribution in [2.75, 3.05) is 31.2 Å². The van der Waals surface area contributed by atoms with Gasteiger partial charge in [0.2, 0.25) is 11.7 Å². The van der Waals surface area contributed by atoms with Crippen LogP contribution in [0.2, 0.25) is 0 Å². The van der Waals surface area contributed by atoms with Gasteiger partial charge in [0.1, 0.15) is 0 Å². The molecule has 0 spiro atoms. The van der Waals surface area contributed by atoms with Gasteiger partial charge in [0.05, 0.1) is 17.4 Å². The van der Waals surface area contributed by atoms with E-state index in [1.54, 1.807) is 24.8 Å². The van der Waals surface area contributed by atoms with Gasteiger partial charge >= 0.3 is 5.97 Å². The van der Waals surface area contributed by atoms with Crippen molar-refractivity contribution in [2.24, 2.45) is 5.92 Å². The Kier molecular flexibility index (Phi) is 6.69. The Hall–Kier alpha value is -2.16. The Labute approximate surface area is 177 Å². The van der Waals surface area contributed by atoms with Gasteiger partial charge in [-0.3, -0.25) is 14.4 Å². The molecule has 0 bridgehead atoms. The summed E-state index contributed by atoms with van der Waals surface area (Å²) >= 11 is 0. The topological polar surface area (TPSA) is 103 Å². The van der Waals surface area contributed by atoms with E-state index in [0.717, 1.165) is 12.1 Å². The second-order valence-electron chi connectivity index (χ2n) is 8.28. The molecular weight excluding hydrogens is 408 g/mol. The number of likely N-dealkylation sites (tertiary alicyclic amines) is 1. The fourth-order valence-electron chi connectivity index (χ4n) is 4.55. The number of ketones is 1. The smallest absolute Gasteiger partial charge is 0.311 e. The molecule has 0 saturated carbocycles. The molecular formula is C21H30N2O6S. The number of rotatable bonds is 6. The van der Waals surface area contributed by atoms with E-state index in [9.17, 15) is 22.8 Å². The molecule has 166 valence electrons. The number of ether oxygens (including phenoxy) is 1. The zero-order valence-electron chi connectivity index (χ0n) is 17.8. The van der Waals surface area contributed by atoms with Crippen LogP contribution in [0.1, 0.15) is 60.4 Å². The first-order valence-electron chi connectivity index (χ1n) is 10.5. The molecule has 8 nitrogen and oxygen atoms in total. The van der Waals surface area contributed by atoms with Crippen LogP contribution >= 0.6 is 0 Å². The van der Waals surface area contributed by atoms with Crippen molar-refractivity contribution in [1.82, 2.24) is 9.47 Å². The highest BCUT2D eigenvalue weighted by Crippen LogP contribution is 2.29. The molecule has 3 rings (SSSR count). The number of piperidine rings is 1. The van der Waals surface area contributed by atoms with E-state index >= 15 is 0 Å². The van der Waals surface area contributed by atoms with Crippen molar-refractivity contribution < 1.29 is 27.5 Å². The number of Topliss-reactive ketones (excluding diaryl/α,β-unsaturated/α-hetero) is 1. The molecule has 9 heteroatoms. The molecule has 30 heavy (non-hydrogen) atoms. The van der Waals surface area contributed by atoms with Gasteiger partial charge in [0.15, 0.2) is 16.4 Å². The van der Waals surface area contributed by atoms with Crippen molar-refractivity contribution in [3.05, 3.63) is 23.0 Å². The number of hydrogen-bond acceptors (Lipinski definition) is 6. The Balaban J connectivity index is 1.62. The molecule has 0 aliphatic carbocycles. The highest BCUT2D eigenvalue weighted by Gasteiger charge is 2.32. The maximum Gasteiger partial charge on any atom is 0.311 e. The molecule has 2 aliphatic heterocycles. The van der Waals surface area contributed by atoms with E-state index < -0.39 is 21.7 Å². The first-order chi connectivity index (χ1) is 14.1. The summed E-state index contributed by atoms with van der Waals surface area (Å²) in [5.41, 5.74) is 1.98. The molecule has 1 amide bonds. The lowest BCUT2D eigenvalue weighted by molar-refractivity contribution is -0.150. The molecule has 1 aromatic rings. The quantitative estimate of drug-likeness (QED) is 0.496. The van der Waals surface area contributed by atoms with E-state index in [4.69, 9.17) is 4.74 Å². The maximum atomic E-state index is 12.7. The Morgan fingerprint density at radius 1 is 1.20 bits per heavy atom. The van der Waals surface area contributed by atoms with Crippen LogP contribution in [0.4, 0.5) is 0 Å². The SMILES string of the molecule is CCC(=O)N1CCCC(C(=O)OCC(=O)c2cc(C)n(C3CCS(=O)(=O)C3)c2C)C1. The van der Waals surface area contributed by atoms with Gasteiger partial charge in [-0.1, -0.05) is 6.92 Å². The summed E-state index contributed by atoms with van der Waals surface area (Å²) in [7, 11) is -3.04. The highest BCUT2D eigenvalue weighted by atomic mass is 32.2. The van der Waals surface area contributed by atoms with Crippen molar-refractivity contribution in [1.29, 1.82) is 0 Å². The summed E-state index contributed by atoms with van der Waals surface area (Å²) in [5.74, 6) is -0.897. The minimum Gasteiger partial charge on any atom is -0.457 e. The normalized spacial score (nSPS) is 23.4. The van der Waals surface area contributed by atoms with Crippen LogP contribution in [0.25, 0.3) is 0 Å². The molecule has 0 radical (unpaired) electrons. The van der Waals surface area contributed by atoms with E-state index in [2.05, 4.69) is 0 Å². The molecule has 2 atom stereocenters. The molecule has 0 N–H and O–H groups in total. The summed E-state index contributed by atoms with van der Waals surface area (Å²) in [6.45, 7) is 6.07. The summed E-state index contributed by atoms with van der Waals surface area (Å²) < 4.78 is 30.9. The van der Waals surface area contributed by atoms with E-state index in [0.29, 0.717) is 43.6 Å². The number of nitrogens with zero attached hydrogens (tertiary/aromatic N) is 2. The minimum absolute atomic E-state index is 0.0185. The Morgan fingerprint density at radius 3 is 2.57 bits per heavy atom. The number of aryl methyl sites for hydroxylation is 1. The maximum absolute atomic E-state index is 12.7. The first-order valence-corrected chi connectivity index (χ1v) is 12.3. The van der Waals surface area contributed by atoms with Crippen LogP contribution in [0.5, 0.6) is 0 Å². The highest BCUT2D eigenvalue weighted by molar-refractivity contribution is 7.91. The number of esters is 1. The van der Waals surface area contributed by atoms with Gasteiger partial charge in [0, 0.05) is 42.5 Å². The number of carbonyl (C=O) groups is 3. The van der Waals surface area contributed by atoms with Crippen molar-refractivity contribution in [3.8, 4) is 0 Å². The van der Waals surface area contributed by atoms with Gasteiger partial charge in [-0.25, -0.2) is 8.42 Å². The predicted molar refractivity (Wildman–Crippen MR) is 111 cm³/mol. The standard InChI is InChI=1S/C21H30N2O6S/c1-4-20(25)22-8-5-6-16(11-22)21(26)29-12-19(24)18-10-14(2)23(15(18)3)17-7-9-30(27,28)13-17/h10,16-17H,4-9,11-13H2,1-3H3. The molecule has 2 fully saturated rings. The third kappa shape index (κ3) is 4.77. The van der Waals surface area contributed by atoms with Crippen molar-refractivity contribution >= 4 is 27.5 Å². The molecule has 1 aromatic heterocycles. The Bertz CT molecular complexity index is 949. The lowest BCUT2D eigenvalue weighted by Crippen LogP contribution is -2.42. The van der Waals surface area contributed by atoms with Crippen molar-refractivity contribution in [3.63, 3.8) is 0 Å². The largest absolute Gasteiger partial charge is 0.457 e. The van der Waals surface area contributed by atoms with E-state index in [1.807, 2.05) is 11.5 Å². The zero-order chi connectivity index (χ0) is 22.1. The Morgan fingerprint density at radius 2 is 1.93 bits per heavy atom. The second-order valence-corrected chi connectivity index (χ2v) is 10.5. The first kappa shape index (κ1) is 22.5. The number of carbonyl (C=O) groups excluding carboxylic acids is 3. The third-order valence-electron chi connectivity index (χ3n) is 6.11. The zero-order valence-corrected chi connectivity index (χ0v) is 18.7. The predicted octanol–water partition coefficient (Wildman–Crippen LogP) is 1.84. The monoisotopic (exact) mass is 438 g/mol. The fraction of sp³-hybridized carbons (Fsp3) is 0.667. The van der Waals surface area contributed by atoms with Crippen LogP contribution in [0, 0.1) is 19.8 Å². The minimum atomic E-state index is -3.04. The van der Waals surface area contributed by atoms with E-state index in [1.165, 1.54) is 0 Å². The van der Waals surface area contributed by atoms with Crippen LogP contribution < -0.4 is 0 Å². The number of amides is 1. The summed E-state index contributed by atoms with van der Waals surface area (Å²) in [6, 6.07) is 1.57. The molecule has 2 aliphatic rings. The summed E-state index contributed by atoms with van der Waals surface area (Å²) in [6.07, 6.45) is 2.32. The summed E-state index contributed by atoms with van der Waals surface area (Å²) in [5, 5.41) is 0. The lowest BCUT2D eigenvalue weighted by Gasteiger charge is -2.31. The summed E-state index contributed by atoms with van der Waals surface area (Å²) in [4.78, 5) is 38.7. The van der Waals surface area contributed by atoms with E-state index in [-0.39, 0.29) is 35.8 Å². The number of hydrogen-bond donors (Lipinski definition) is 0. The van der Waals surface area contributed by atoms with Gasteiger partial charge in [0.25, 0.3) is 0 Å². The van der Waals surface area contributed by atoms with Gasteiger partial charge in [-0.2, -0.15) is 0 Å². The fourth-order valence-corrected chi connectivity index (χ4v) is 6.25. The van der Waals surface area contributed by atoms with Gasteiger partial charge < -0.3 is 14.2 Å². The van der Waals surface area contributed by atoms with Gasteiger partial charge in [-0.05, 0) is 39.2 Å². The van der Waals surface area contributed by atoms with Crippen LogP contribution in [-0.4, -0.2) is 66.7 Å². The average molecular weight is 439 g/mol. The lowest BCUT2D eigenvalue weighted by atomic mass is 9.98. The van der Waals surface area contributed by atoms with Gasteiger partial charge in [-0.15, -0.1) is 0 Å². The van der Waals surface area contributed by atoms with Crippen LogP contribution in [0.3, 0.4) is 0 Å². The number of sulfone groups is 1. The molecule has 0 aromatic carbocycles. The second kappa shape index (κ2) is 8.91. The van der Waals surface area contributed by atoms with Crippen LogP contribution in [0.15, 0.2) is 6.07 Å². The molecule has 2 saturated heterocycles. The molecule has 2 unspecified atom stereocenters.